The molecule has 1 aromatic rings. The third-order valence-electron chi connectivity index (χ3n) is 4.37. The van der Waals surface area contributed by atoms with Gasteiger partial charge in [0.05, 0.1) is 6.61 Å². The van der Waals surface area contributed by atoms with Gasteiger partial charge in [-0.15, -0.1) is 0 Å². The van der Waals surface area contributed by atoms with Crippen molar-refractivity contribution in [2.24, 2.45) is 0 Å². The number of benzene rings is 1. The fourth-order valence-electron chi connectivity index (χ4n) is 2.90. The highest BCUT2D eigenvalue weighted by atomic mass is 16.7. The molecule has 0 aromatic heterocycles. The van der Waals surface area contributed by atoms with Crippen LogP contribution in [-0.2, 0) is 11.3 Å². The van der Waals surface area contributed by atoms with Crippen molar-refractivity contribution in [3.05, 3.63) is 29.8 Å². The lowest BCUT2D eigenvalue weighted by atomic mass is 10.1. The number of unbranched alkanes of at least 4 members (excludes halogenated alkanes) is 5. The molecule has 0 radical (unpaired) electrons. The van der Waals surface area contributed by atoms with Crippen molar-refractivity contribution in [1.82, 2.24) is 5.32 Å². The van der Waals surface area contributed by atoms with Crippen LogP contribution in [0.15, 0.2) is 24.3 Å². The maximum atomic E-state index is 5.86. The van der Waals surface area contributed by atoms with Crippen LogP contribution in [0.25, 0.3) is 0 Å². The van der Waals surface area contributed by atoms with Gasteiger partial charge in [0.2, 0.25) is 0 Å². The summed E-state index contributed by atoms with van der Waals surface area (Å²) in [5.74, 6) is 0.913. The summed E-state index contributed by atoms with van der Waals surface area (Å²) in [6.45, 7) is 5.14. The van der Waals surface area contributed by atoms with Gasteiger partial charge in [0.15, 0.2) is 6.29 Å². The minimum atomic E-state index is -0.0552. The first-order valence-electron chi connectivity index (χ1n) is 9.46. The first kappa shape index (κ1) is 18.3. The Labute approximate surface area is 141 Å². The highest BCUT2D eigenvalue weighted by molar-refractivity contribution is 5.27. The van der Waals surface area contributed by atoms with Gasteiger partial charge in [-0.3, -0.25) is 0 Å². The molecule has 0 spiro atoms. The Morgan fingerprint density at radius 1 is 1.04 bits per heavy atom. The van der Waals surface area contributed by atoms with Crippen LogP contribution in [0.3, 0.4) is 0 Å². The predicted octanol–water partition coefficient (Wildman–Crippen LogP) is 5.04. The number of nitrogens with one attached hydrogen (secondary N) is 1. The molecular formula is C20H33NO2. The summed E-state index contributed by atoms with van der Waals surface area (Å²) >= 11 is 0. The SMILES string of the molecule is CCCCCCCCNCc1ccc(OC2CCCCO2)cc1. The summed E-state index contributed by atoms with van der Waals surface area (Å²) in [4.78, 5) is 0. The fourth-order valence-corrected chi connectivity index (χ4v) is 2.90. The van der Waals surface area contributed by atoms with Gasteiger partial charge in [0, 0.05) is 13.0 Å². The van der Waals surface area contributed by atoms with Crippen LogP contribution in [0.5, 0.6) is 5.75 Å². The van der Waals surface area contributed by atoms with Crippen LogP contribution < -0.4 is 10.1 Å². The second-order valence-electron chi connectivity index (χ2n) is 6.50. The molecule has 1 atom stereocenters. The Morgan fingerprint density at radius 3 is 2.57 bits per heavy atom. The highest BCUT2D eigenvalue weighted by Gasteiger charge is 2.14. The van der Waals surface area contributed by atoms with Gasteiger partial charge in [0.1, 0.15) is 5.75 Å². The molecule has 1 aliphatic rings. The first-order valence-corrected chi connectivity index (χ1v) is 9.46. The van der Waals surface area contributed by atoms with Crippen molar-refractivity contribution >= 4 is 0 Å². The van der Waals surface area contributed by atoms with Crippen molar-refractivity contribution in [2.45, 2.75) is 77.5 Å². The van der Waals surface area contributed by atoms with Gasteiger partial charge in [-0.25, -0.2) is 0 Å². The van der Waals surface area contributed by atoms with E-state index in [1.165, 1.54) is 50.5 Å². The van der Waals surface area contributed by atoms with Crippen molar-refractivity contribution < 1.29 is 9.47 Å². The van der Waals surface area contributed by atoms with E-state index in [1.54, 1.807) is 0 Å². The molecule has 1 aromatic carbocycles. The van der Waals surface area contributed by atoms with Crippen LogP contribution >= 0.6 is 0 Å². The third-order valence-corrected chi connectivity index (χ3v) is 4.37. The van der Waals surface area contributed by atoms with E-state index in [9.17, 15) is 0 Å². The van der Waals surface area contributed by atoms with Gasteiger partial charge < -0.3 is 14.8 Å². The van der Waals surface area contributed by atoms with Crippen LogP contribution in [0.4, 0.5) is 0 Å². The number of ether oxygens (including phenoxy) is 2. The lowest BCUT2D eigenvalue weighted by Gasteiger charge is -2.23. The minimum absolute atomic E-state index is 0.0552. The largest absolute Gasteiger partial charge is 0.465 e. The van der Waals surface area contributed by atoms with E-state index in [0.29, 0.717) is 0 Å². The Kier molecular flexibility index (Phi) is 9.12. The van der Waals surface area contributed by atoms with E-state index in [-0.39, 0.29) is 6.29 Å². The average Bonchev–Trinajstić information content (AvgIpc) is 2.60. The molecule has 1 fully saturated rings. The fraction of sp³-hybridized carbons (Fsp3) is 0.700. The quantitative estimate of drug-likeness (QED) is 0.579. The van der Waals surface area contributed by atoms with Gasteiger partial charge in [-0.1, -0.05) is 51.2 Å². The van der Waals surface area contributed by atoms with Crippen LogP contribution in [0.2, 0.25) is 0 Å². The molecule has 0 saturated carbocycles. The summed E-state index contributed by atoms with van der Waals surface area (Å²) in [6, 6.07) is 8.40. The zero-order chi connectivity index (χ0) is 16.2. The number of hydrogen-bond acceptors (Lipinski definition) is 3. The van der Waals surface area contributed by atoms with Gasteiger partial charge in [0.25, 0.3) is 0 Å². The summed E-state index contributed by atoms with van der Waals surface area (Å²) in [6.07, 6.45) is 11.4. The summed E-state index contributed by atoms with van der Waals surface area (Å²) in [7, 11) is 0. The van der Waals surface area contributed by atoms with Crippen LogP contribution in [0, 0.1) is 0 Å². The zero-order valence-electron chi connectivity index (χ0n) is 14.7. The maximum Gasteiger partial charge on any atom is 0.199 e. The second kappa shape index (κ2) is 11.5. The molecule has 0 amide bonds. The van der Waals surface area contributed by atoms with Crippen molar-refractivity contribution in [3.8, 4) is 5.75 Å². The van der Waals surface area contributed by atoms with Crippen molar-refractivity contribution in [2.75, 3.05) is 13.2 Å². The van der Waals surface area contributed by atoms with Crippen molar-refractivity contribution in [1.29, 1.82) is 0 Å². The zero-order valence-corrected chi connectivity index (χ0v) is 14.7. The monoisotopic (exact) mass is 319 g/mol. The molecular weight excluding hydrogens is 286 g/mol. The first-order chi connectivity index (χ1) is 11.4. The Hall–Kier alpha value is -1.06. The standard InChI is InChI=1S/C20H33NO2/c1-2-3-4-5-6-8-15-21-17-18-11-13-19(14-12-18)23-20-10-7-9-16-22-20/h11-14,20-21H,2-10,15-17H2,1H3. The number of rotatable bonds is 11. The third kappa shape index (κ3) is 7.85. The predicted molar refractivity (Wildman–Crippen MR) is 95.7 cm³/mol. The van der Waals surface area contributed by atoms with Crippen molar-refractivity contribution in [3.63, 3.8) is 0 Å². The second-order valence-corrected chi connectivity index (χ2v) is 6.50. The van der Waals surface area contributed by atoms with E-state index >= 15 is 0 Å². The molecule has 1 saturated heterocycles. The van der Waals surface area contributed by atoms with E-state index in [1.807, 2.05) is 0 Å². The Morgan fingerprint density at radius 2 is 1.83 bits per heavy atom. The Bertz CT molecular complexity index is 399. The maximum absolute atomic E-state index is 5.86. The summed E-state index contributed by atoms with van der Waals surface area (Å²) in [5, 5.41) is 3.53. The molecule has 1 unspecified atom stereocenters. The van der Waals surface area contributed by atoms with E-state index in [0.717, 1.165) is 38.3 Å². The van der Waals surface area contributed by atoms with E-state index < -0.39 is 0 Å². The van der Waals surface area contributed by atoms with Crippen LogP contribution in [0.1, 0.15) is 70.3 Å². The molecule has 130 valence electrons. The molecule has 1 heterocycles. The molecule has 1 aliphatic heterocycles. The molecule has 0 aliphatic carbocycles. The summed E-state index contributed by atoms with van der Waals surface area (Å²) < 4.78 is 11.5. The highest BCUT2D eigenvalue weighted by Crippen LogP contribution is 2.19. The molecule has 3 heteroatoms. The lowest BCUT2D eigenvalue weighted by Crippen LogP contribution is -2.24. The van der Waals surface area contributed by atoms with Gasteiger partial charge >= 0.3 is 0 Å². The Balaban J connectivity index is 1.55. The number of hydrogen-bond donors (Lipinski definition) is 1. The van der Waals surface area contributed by atoms with Gasteiger partial charge in [-0.2, -0.15) is 0 Å². The molecule has 23 heavy (non-hydrogen) atoms. The molecule has 0 bridgehead atoms. The minimum Gasteiger partial charge on any atom is -0.465 e. The molecule has 1 N–H and O–H groups in total. The topological polar surface area (TPSA) is 30.5 Å². The van der Waals surface area contributed by atoms with Gasteiger partial charge in [-0.05, 0) is 43.5 Å². The smallest absolute Gasteiger partial charge is 0.199 e. The summed E-state index contributed by atoms with van der Waals surface area (Å²) in [5.41, 5.74) is 1.31. The average molecular weight is 319 g/mol. The molecule has 3 nitrogen and oxygen atoms in total. The normalized spacial score (nSPS) is 18.0. The lowest BCUT2D eigenvalue weighted by molar-refractivity contribution is -0.105. The van der Waals surface area contributed by atoms with E-state index in [4.69, 9.17) is 9.47 Å². The molecule has 2 rings (SSSR count). The van der Waals surface area contributed by atoms with Crippen LogP contribution in [-0.4, -0.2) is 19.4 Å². The van der Waals surface area contributed by atoms with E-state index in [2.05, 4.69) is 36.5 Å².